The molecule has 0 aromatic heterocycles. The molecule has 142 valence electrons. The molecule has 0 aromatic rings. The zero-order chi connectivity index (χ0) is 17.6. The minimum Gasteiger partial charge on any atom is -0.462 e. The molecule has 0 bridgehead atoms. The van der Waals surface area contributed by atoms with Crippen molar-refractivity contribution in [2.45, 2.75) is 107 Å². The maximum atomic E-state index is 11.1. The molecular formula is C20H38O2S2. The van der Waals surface area contributed by atoms with E-state index in [0.29, 0.717) is 6.42 Å². The summed E-state index contributed by atoms with van der Waals surface area (Å²) in [5, 5.41) is 1.58. The van der Waals surface area contributed by atoms with Gasteiger partial charge in [0.1, 0.15) is 6.10 Å². The first-order chi connectivity index (χ1) is 11.7. The highest BCUT2D eigenvalue weighted by Gasteiger charge is 2.23. The Balaban J connectivity index is 2.13. The molecule has 0 aliphatic carbocycles. The van der Waals surface area contributed by atoms with Crippen molar-refractivity contribution in [1.82, 2.24) is 0 Å². The Morgan fingerprint density at radius 3 is 2.08 bits per heavy atom. The van der Waals surface area contributed by atoms with Crippen LogP contribution < -0.4 is 0 Å². The zero-order valence-corrected chi connectivity index (χ0v) is 17.7. The molecule has 3 unspecified atom stereocenters. The van der Waals surface area contributed by atoms with E-state index in [-0.39, 0.29) is 12.1 Å². The first-order valence-corrected chi connectivity index (χ1v) is 12.5. The number of hydrogen-bond acceptors (Lipinski definition) is 4. The van der Waals surface area contributed by atoms with Gasteiger partial charge < -0.3 is 4.74 Å². The number of ether oxygens (including phenoxy) is 1. The third kappa shape index (κ3) is 9.60. The van der Waals surface area contributed by atoms with E-state index in [1.807, 2.05) is 0 Å². The molecule has 0 saturated carbocycles. The standard InChI is InChI=1S/C20H38O2S2/c1-4-5-6-7-8-9-13-18(23-2)19(24-3)14-11-10-12-17-15-16-20(21)22-17/h17-19H,4-16H2,1-3H3. The molecule has 1 aliphatic rings. The van der Waals surface area contributed by atoms with Crippen molar-refractivity contribution in [2.75, 3.05) is 12.5 Å². The molecule has 4 heteroatoms. The minimum absolute atomic E-state index is 0.00312. The van der Waals surface area contributed by atoms with Crippen LogP contribution in [0.1, 0.15) is 90.4 Å². The quantitative estimate of drug-likeness (QED) is 0.242. The van der Waals surface area contributed by atoms with Gasteiger partial charge in [0.2, 0.25) is 0 Å². The molecule has 0 N–H and O–H groups in total. The minimum atomic E-state index is 0.00312. The Hall–Kier alpha value is 0.170. The van der Waals surface area contributed by atoms with Crippen LogP contribution in [0.2, 0.25) is 0 Å². The van der Waals surface area contributed by atoms with Gasteiger partial charge in [0, 0.05) is 16.9 Å². The van der Waals surface area contributed by atoms with Gasteiger partial charge in [-0.2, -0.15) is 23.5 Å². The second kappa shape index (κ2) is 14.4. The van der Waals surface area contributed by atoms with Gasteiger partial charge >= 0.3 is 5.97 Å². The van der Waals surface area contributed by atoms with Gasteiger partial charge in [-0.15, -0.1) is 0 Å². The number of unbranched alkanes of at least 4 members (excludes halogenated alkanes) is 6. The SMILES string of the molecule is CCCCCCCCC(SC)C(CCCCC1CCC(=O)O1)SC. The van der Waals surface area contributed by atoms with Gasteiger partial charge in [-0.25, -0.2) is 0 Å². The van der Waals surface area contributed by atoms with Crippen LogP contribution >= 0.6 is 23.5 Å². The fraction of sp³-hybridized carbons (Fsp3) is 0.950. The lowest BCUT2D eigenvalue weighted by molar-refractivity contribution is -0.141. The average Bonchev–Trinajstić information content (AvgIpc) is 3.00. The number of carbonyl (C=O) groups is 1. The summed E-state index contributed by atoms with van der Waals surface area (Å²) < 4.78 is 5.31. The highest BCUT2D eigenvalue weighted by atomic mass is 32.2. The Bertz CT molecular complexity index is 323. The van der Waals surface area contributed by atoms with Crippen molar-refractivity contribution in [3.05, 3.63) is 0 Å². The first-order valence-electron chi connectivity index (χ1n) is 9.96. The summed E-state index contributed by atoms with van der Waals surface area (Å²) in [5.74, 6) is 0.00312. The second-order valence-electron chi connectivity index (χ2n) is 7.04. The van der Waals surface area contributed by atoms with Crippen LogP contribution in [0.15, 0.2) is 0 Å². The normalized spacial score (nSPS) is 20.1. The van der Waals surface area contributed by atoms with E-state index in [1.165, 1.54) is 64.2 Å². The van der Waals surface area contributed by atoms with Gasteiger partial charge in [0.15, 0.2) is 0 Å². The van der Waals surface area contributed by atoms with E-state index < -0.39 is 0 Å². The number of esters is 1. The van der Waals surface area contributed by atoms with Crippen molar-refractivity contribution in [3.8, 4) is 0 Å². The molecule has 0 radical (unpaired) electrons. The predicted octanol–water partition coefficient (Wildman–Crippen LogP) is 6.47. The molecule has 1 saturated heterocycles. The van der Waals surface area contributed by atoms with E-state index in [2.05, 4.69) is 43.0 Å². The van der Waals surface area contributed by atoms with Crippen LogP contribution in [0.3, 0.4) is 0 Å². The number of cyclic esters (lactones) is 1. The first kappa shape index (κ1) is 22.2. The Morgan fingerprint density at radius 1 is 0.958 bits per heavy atom. The molecular weight excluding hydrogens is 336 g/mol. The highest BCUT2D eigenvalue weighted by molar-refractivity contribution is 8.03. The van der Waals surface area contributed by atoms with E-state index in [9.17, 15) is 4.79 Å². The molecule has 0 spiro atoms. The monoisotopic (exact) mass is 374 g/mol. The van der Waals surface area contributed by atoms with Crippen molar-refractivity contribution in [1.29, 1.82) is 0 Å². The molecule has 1 rings (SSSR count). The second-order valence-corrected chi connectivity index (χ2v) is 9.19. The zero-order valence-electron chi connectivity index (χ0n) is 16.1. The van der Waals surface area contributed by atoms with Gasteiger partial charge in [0.25, 0.3) is 0 Å². The maximum absolute atomic E-state index is 11.1. The summed E-state index contributed by atoms with van der Waals surface area (Å²) in [6.07, 6.45) is 20.9. The van der Waals surface area contributed by atoms with Crippen molar-refractivity contribution in [2.24, 2.45) is 0 Å². The summed E-state index contributed by atoms with van der Waals surface area (Å²) in [6.45, 7) is 2.28. The fourth-order valence-electron chi connectivity index (χ4n) is 3.54. The summed E-state index contributed by atoms with van der Waals surface area (Å²) in [7, 11) is 0. The summed E-state index contributed by atoms with van der Waals surface area (Å²) in [6, 6.07) is 0. The molecule has 1 heterocycles. The molecule has 1 fully saturated rings. The third-order valence-electron chi connectivity index (χ3n) is 5.10. The molecule has 0 amide bonds. The Labute approximate surface area is 158 Å². The Morgan fingerprint density at radius 2 is 1.54 bits per heavy atom. The van der Waals surface area contributed by atoms with E-state index in [0.717, 1.165) is 23.3 Å². The maximum Gasteiger partial charge on any atom is 0.306 e. The van der Waals surface area contributed by atoms with E-state index in [4.69, 9.17) is 4.74 Å². The van der Waals surface area contributed by atoms with Crippen molar-refractivity contribution >= 4 is 29.5 Å². The number of thioether (sulfide) groups is 2. The van der Waals surface area contributed by atoms with Gasteiger partial charge in [-0.1, -0.05) is 51.9 Å². The van der Waals surface area contributed by atoms with Gasteiger partial charge in [-0.05, 0) is 44.6 Å². The lowest BCUT2D eigenvalue weighted by Crippen LogP contribution is -2.20. The van der Waals surface area contributed by atoms with E-state index in [1.54, 1.807) is 0 Å². The summed E-state index contributed by atoms with van der Waals surface area (Å²) in [4.78, 5) is 11.1. The van der Waals surface area contributed by atoms with Crippen LogP contribution in [0, 0.1) is 0 Å². The number of hydrogen-bond donors (Lipinski definition) is 0. The number of rotatable bonds is 15. The summed E-state index contributed by atoms with van der Waals surface area (Å²) >= 11 is 4.12. The van der Waals surface area contributed by atoms with Crippen molar-refractivity contribution in [3.63, 3.8) is 0 Å². The van der Waals surface area contributed by atoms with Gasteiger partial charge in [-0.3, -0.25) is 4.79 Å². The average molecular weight is 375 g/mol. The van der Waals surface area contributed by atoms with Gasteiger partial charge in [0.05, 0.1) is 0 Å². The third-order valence-corrected chi connectivity index (χ3v) is 7.61. The Kier molecular flexibility index (Phi) is 13.3. The van der Waals surface area contributed by atoms with Crippen LogP contribution in [-0.2, 0) is 9.53 Å². The summed E-state index contributed by atoms with van der Waals surface area (Å²) in [5.41, 5.74) is 0. The van der Waals surface area contributed by atoms with Crippen LogP contribution in [0.25, 0.3) is 0 Å². The molecule has 24 heavy (non-hydrogen) atoms. The molecule has 0 aromatic carbocycles. The molecule has 3 atom stereocenters. The molecule has 2 nitrogen and oxygen atoms in total. The fourth-order valence-corrected chi connectivity index (χ4v) is 5.89. The molecule has 1 aliphatic heterocycles. The predicted molar refractivity (Wildman–Crippen MR) is 110 cm³/mol. The van der Waals surface area contributed by atoms with Crippen LogP contribution in [0.5, 0.6) is 0 Å². The van der Waals surface area contributed by atoms with E-state index >= 15 is 0 Å². The lowest BCUT2D eigenvalue weighted by Gasteiger charge is -2.24. The largest absolute Gasteiger partial charge is 0.462 e. The lowest BCUT2D eigenvalue weighted by atomic mass is 10.0. The van der Waals surface area contributed by atoms with Crippen molar-refractivity contribution < 1.29 is 9.53 Å². The topological polar surface area (TPSA) is 26.3 Å². The van der Waals surface area contributed by atoms with Crippen LogP contribution in [0.4, 0.5) is 0 Å². The highest BCUT2D eigenvalue weighted by Crippen LogP contribution is 2.30. The smallest absolute Gasteiger partial charge is 0.306 e. The van der Waals surface area contributed by atoms with Crippen LogP contribution in [-0.4, -0.2) is 35.1 Å². The number of carbonyl (C=O) groups excluding carboxylic acids is 1.